The van der Waals surface area contributed by atoms with E-state index in [1.165, 1.54) is 0 Å². The quantitative estimate of drug-likeness (QED) is 0.662. The van der Waals surface area contributed by atoms with Gasteiger partial charge in [0.1, 0.15) is 5.75 Å². The zero-order valence-corrected chi connectivity index (χ0v) is 12.3. The monoisotopic (exact) mass is 280 g/mol. The van der Waals surface area contributed by atoms with Crippen molar-refractivity contribution in [1.82, 2.24) is 0 Å². The maximum atomic E-state index is 11.7. The molecule has 0 amide bonds. The molecule has 0 heterocycles. The van der Waals surface area contributed by atoms with Crippen molar-refractivity contribution in [3.8, 4) is 5.75 Å². The van der Waals surface area contributed by atoms with Crippen molar-refractivity contribution >= 4 is 11.7 Å². The van der Waals surface area contributed by atoms with E-state index in [4.69, 9.17) is 16.2 Å². The number of carboxylic acid groups (broad SMARTS) is 1. The van der Waals surface area contributed by atoms with Crippen LogP contribution in [0.3, 0.4) is 0 Å². The number of benzene rings is 1. The Morgan fingerprint density at radius 2 is 2.10 bits per heavy atom. The Morgan fingerprint density at radius 1 is 1.45 bits per heavy atom. The summed E-state index contributed by atoms with van der Waals surface area (Å²) >= 11 is 0. The SMILES string of the molecule is COc1ccc(N)cc1CC(CN)(CC(C)C)C(=O)O. The van der Waals surface area contributed by atoms with E-state index in [-0.39, 0.29) is 12.5 Å². The third-order valence-electron chi connectivity index (χ3n) is 3.48. The predicted octanol–water partition coefficient (Wildman–Crippen LogP) is 1.90. The summed E-state index contributed by atoms with van der Waals surface area (Å²) in [5.41, 5.74) is 11.9. The van der Waals surface area contributed by atoms with Crippen molar-refractivity contribution in [2.75, 3.05) is 19.4 Å². The van der Waals surface area contributed by atoms with Crippen molar-refractivity contribution in [3.05, 3.63) is 23.8 Å². The van der Waals surface area contributed by atoms with Gasteiger partial charge < -0.3 is 21.3 Å². The van der Waals surface area contributed by atoms with Gasteiger partial charge in [0.15, 0.2) is 0 Å². The fourth-order valence-corrected chi connectivity index (χ4v) is 2.56. The van der Waals surface area contributed by atoms with Crippen LogP contribution in [0.1, 0.15) is 25.8 Å². The molecule has 0 saturated carbocycles. The van der Waals surface area contributed by atoms with E-state index in [9.17, 15) is 9.90 Å². The maximum absolute atomic E-state index is 11.7. The van der Waals surface area contributed by atoms with Crippen LogP contribution in [-0.2, 0) is 11.2 Å². The summed E-state index contributed by atoms with van der Waals surface area (Å²) < 4.78 is 5.29. The number of anilines is 1. The van der Waals surface area contributed by atoms with Gasteiger partial charge in [-0.05, 0) is 42.5 Å². The predicted molar refractivity (Wildman–Crippen MR) is 79.7 cm³/mol. The highest BCUT2D eigenvalue weighted by Gasteiger charge is 2.38. The Bertz CT molecular complexity index is 474. The van der Waals surface area contributed by atoms with Crippen LogP contribution in [-0.4, -0.2) is 24.7 Å². The van der Waals surface area contributed by atoms with Crippen LogP contribution in [0.2, 0.25) is 0 Å². The lowest BCUT2D eigenvalue weighted by Crippen LogP contribution is -2.41. The van der Waals surface area contributed by atoms with Crippen LogP contribution in [0.5, 0.6) is 5.75 Å². The topological polar surface area (TPSA) is 98.6 Å². The molecule has 0 bridgehead atoms. The summed E-state index contributed by atoms with van der Waals surface area (Å²) in [7, 11) is 1.56. The van der Waals surface area contributed by atoms with Crippen molar-refractivity contribution in [2.45, 2.75) is 26.7 Å². The molecule has 112 valence electrons. The Morgan fingerprint density at radius 3 is 2.55 bits per heavy atom. The molecule has 0 fully saturated rings. The minimum Gasteiger partial charge on any atom is -0.496 e. The van der Waals surface area contributed by atoms with Gasteiger partial charge in [0.25, 0.3) is 0 Å². The standard InChI is InChI=1S/C15H24N2O3/c1-10(2)7-15(9-16,14(18)19)8-11-6-12(17)4-5-13(11)20-3/h4-6,10H,7-9,16-17H2,1-3H3,(H,18,19). The summed E-state index contributed by atoms with van der Waals surface area (Å²) in [4.78, 5) is 11.7. The van der Waals surface area contributed by atoms with Crippen LogP contribution in [0, 0.1) is 11.3 Å². The highest BCUT2D eigenvalue weighted by atomic mass is 16.5. The first-order chi connectivity index (χ1) is 9.34. The first kappa shape index (κ1) is 16.3. The molecule has 5 heteroatoms. The van der Waals surface area contributed by atoms with E-state index in [0.717, 1.165) is 5.56 Å². The molecule has 0 aliphatic heterocycles. The summed E-state index contributed by atoms with van der Waals surface area (Å²) in [5, 5.41) is 9.61. The van der Waals surface area contributed by atoms with Crippen molar-refractivity contribution in [3.63, 3.8) is 0 Å². The van der Waals surface area contributed by atoms with Gasteiger partial charge in [-0.15, -0.1) is 0 Å². The number of nitrogens with two attached hydrogens (primary N) is 2. The first-order valence-electron chi connectivity index (χ1n) is 6.70. The molecule has 0 spiro atoms. The lowest BCUT2D eigenvalue weighted by molar-refractivity contribution is -0.149. The number of methoxy groups -OCH3 is 1. The van der Waals surface area contributed by atoms with Crippen molar-refractivity contribution in [1.29, 1.82) is 0 Å². The summed E-state index contributed by atoms with van der Waals surface area (Å²) in [6.07, 6.45) is 0.821. The van der Waals surface area contributed by atoms with Gasteiger partial charge in [-0.2, -0.15) is 0 Å². The van der Waals surface area contributed by atoms with Crippen LogP contribution < -0.4 is 16.2 Å². The van der Waals surface area contributed by atoms with Crippen molar-refractivity contribution < 1.29 is 14.6 Å². The molecule has 1 rings (SSSR count). The molecule has 0 aliphatic carbocycles. The average molecular weight is 280 g/mol. The molecule has 20 heavy (non-hydrogen) atoms. The highest BCUT2D eigenvalue weighted by Crippen LogP contribution is 2.34. The average Bonchev–Trinajstić information content (AvgIpc) is 2.37. The van der Waals surface area contributed by atoms with E-state index in [2.05, 4.69) is 0 Å². The minimum atomic E-state index is -0.991. The smallest absolute Gasteiger partial charge is 0.311 e. The fraction of sp³-hybridized carbons (Fsp3) is 0.533. The van der Waals surface area contributed by atoms with Gasteiger partial charge >= 0.3 is 5.97 Å². The van der Waals surface area contributed by atoms with Crippen LogP contribution in [0.4, 0.5) is 5.69 Å². The second kappa shape index (κ2) is 6.61. The summed E-state index contributed by atoms with van der Waals surface area (Å²) in [5.74, 6) is 0.00177. The second-order valence-corrected chi connectivity index (χ2v) is 5.64. The second-order valence-electron chi connectivity index (χ2n) is 5.64. The first-order valence-corrected chi connectivity index (χ1v) is 6.70. The molecule has 0 aliphatic rings. The molecule has 0 radical (unpaired) electrons. The Hall–Kier alpha value is -1.75. The molecule has 1 aromatic carbocycles. The molecule has 5 N–H and O–H groups in total. The normalized spacial score (nSPS) is 14.1. The lowest BCUT2D eigenvalue weighted by atomic mass is 9.75. The number of rotatable bonds is 7. The van der Waals surface area contributed by atoms with E-state index >= 15 is 0 Å². The zero-order chi connectivity index (χ0) is 15.3. The van der Waals surface area contributed by atoms with Crippen molar-refractivity contribution in [2.24, 2.45) is 17.1 Å². The van der Waals surface area contributed by atoms with Gasteiger partial charge in [0.05, 0.1) is 12.5 Å². The fourth-order valence-electron chi connectivity index (χ4n) is 2.56. The minimum absolute atomic E-state index is 0.0818. The maximum Gasteiger partial charge on any atom is 0.311 e. The van der Waals surface area contributed by atoms with Gasteiger partial charge in [-0.3, -0.25) is 4.79 Å². The summed E-state index contributed by atoms with van der Waals surface area (Å²) in [6, 6.07) is 5.24. The van der Waals surface area contributed by atoms with Gasteiger partial charge in [-0.25, -0.2) is 0 Å². The molecule has 0 aromatic heterocycles. The van der Waals surface area contributed by atoms with E-state index in [1.54, 1.807) is 25.3 Å². The molecule has 5 nitrogen and oxygen atoms in total. The van der Waals surface area contributed by atoms with E-state index in [1.807, 2.05) is 13.8 Å². The Labute approximate surface area is 119 Å². The van der Waals surface area contributed by atoms with Gasteiger partial charge in [0.2, 0.25) is 0 Å². The van der Waals surface area contributed by atoms with Crippen LogP contribution in [0.25, 0.3) is 0 Å². The van der Waals surface area contributed by atoms with Crippen LogP contribution in [0.15, 0.2) is 18.2 Å². The molecular formula is C15H24N2O3. The number of hydrogen-bond acceptors (Lipinski definition) is 4. The number of aliphatic carboxylic acids is 1. The third-order valence-corrected chi connectivity index (χ3v) is 3.48. The number of hydrogen-bond donors (Lipinski definition) is 3. The van der Waals surface area contributed by atoms with Gasteiger partial charge in [-0.1, -0.05) is 13.8 Å². The molecule has 0 saturated heterocycles. The third kappa shape index (κ3) is 3.63. The van der Waals surface area contributed by atoms with Crippen LogP contribution >= 0.6 is 0 Å². The number of nitrogen functional groups attached to an aromatic ring is 1. The molecular weight excluding hydrogens is 256 g/mol. The van der Waals surface area contributed by atoms with Gasteiger partial charge in [0, 0.05) is 12.2 Å². The number of ether oxygens (including phenoxy) is 1. The largest absolute Gasteiger partial charge is 0.496 e. The lowest BCUT2D eigenvalue weighted by Gasteiger charge is -2.30. The highest BCUT2D eigenvalue weighted by molar-refractivity contribution is 5.75. The zero-order valence-electron chi connectivity index (χ0n) is 12.3. The number of carbonyl (C=O) groups is 1. The molecule has 1 atom stereocenters. The molecule has 1 aromatic rings. The Kier molecular flexibility index (Phi) is 5.39. The molecule has 1 unspecified atom stereocenters. The Balaban J connectivity index is 3.18. The summed E-state index contributed by atoms with van der Waals surface area (Å²) in [6.45, 7) is 4.06. The van der Waals surface area contributed by atoms with E-state index in [0.29, 0.717) is 24.3 Å². The number of carboxylic acids is 1. The van der Waals surface area contributed by atoms with E-state index < -0.39 is 11.4 Å².